The summed E-state index contributed by atoms with van der Waals surface area (Å²) >= 11 is 2.79. The van der Waals surface area contributed by atoms with Crippen molar-refractivity contribution in [1.82, 2.24) is 14.8 Å². The van der Waals surface area contributed by atoms with E-state index in [4.69, 9.17) is 9.47 Å². The number of esters is 1. The molecule has 2 aromatic heterocycles. The van der Waals surface area contributed by atoms with Gasteiger partial charge in [-0.3, -0.25) is 4.79 Å². The van der Waals surface area contributed by atoms with Gasteiger partial charge in [-0.25, -0.2) is 4.79 Å². The van der Waals surface area contributed by atoms with Gasteiger partial charge in [0, 0.05) is 11.4 Å². The smallest absolute Gasteiger partial charge is 0.341 e. The first-order valence-electron chi connectivity index (χ1n) is 11.8. The summed E-state index contributed by atoms with van der Waals surface area (Å²) in [4.78, 5) is 26.5. The SMILES string of the molecule is CCOC(=O)c1c(NC(=O)CSc2nnc(COc3cc(C)cc(C)c3)n2CC)sc2c1CCC2. The Kier molecular flexibility index (Phi) is 8.12. The molecule has 2 heterocycles. The first-order valence-corrected chi connectivity index (χ1v) is 13.6. The zero-order chi connectivity index (χ0) is 24.9. The maximum Gasteiger partial charge on any atom is 0.341 e. The summed E-state index contributed by atoms with van der Waals surface area (Å²) in [6.07, 6.45) is 2.81. The Bertz CT molecular complexity index is 1210. The third kappa shape index (κ3) is 5.87. The highest BCUT2D eigenvalue weighted by Gasteiger charge is 2.28. The number of aromatic nitrogens is 3. The van der Waals surface area contributed by atoms with Gasteiger partial charge in [0.15, 0.2) is 11.0 Å². The first-order chi connectivity index (χ1) is 16.9. The lowest BCUT2D eigenvalue weighted by Gasteiger charge is -2.10. The molecule has 10 heteroatoms. The molecule has 0 atom stereocenters. The molecule has 0 spiro atoms. The van der Waals surface area contributed by atoms with Crippen LogP contribution >= 0.6 is 23.1 Å². The maximum absolute atomic E-state index is 12.8. The van der Waals surface area contributed by atoms with Crippen molar-refractivity contribution in [3.63, 3.8) is 0 Å². The predicted molar refractivity (Wildman–Crippen MR) is 138 cm³/mol. The van der Waals surface area contributed by atoms with Gasteiger partial charge in [-0.2, -0.15) is 0 Å². The van der Waals surface area contributed by atoms with Crippen LogP contribution in [0.1, 0.15) is 58.0 Å². The van der Waals surface area contributed by atoms with Crippen molar-refractivity contribution >= 4 is 40.0 Å². The van der Waals surface area contributed by atoms with Crippen molar-refractivity contribution in [1.29, 1.82) is 0 Å². The Morgan fingerprint density at radius 2 is 1.91 bits per heavy atom. The van der Waals surface area contributed by atoms with Crippen LogP contribution in [-0.4, -0.2) is 39.0 Å². The van der Waals surface area contributed by atoms with Crippen LogP contribution in [0.5, 0.6) is 5.75 Å². The number of amides is 1. The van der Waals surface area contributed by atoms with Crippen LogP contribution in [-0.2, 0) is 35.5 Å². The van der Waals surface area contributed by atoms with E-state index in [-0.39, 0.29) is 17.6 Å². The van der Waals surface area contributed by atoms with Crippen LogP contribution in [0.4, 0.5) is 5.00 Å². The van der Waals surface area contributed by atoms with Crippen molar-refractivity contribution < 1.29 is 19.1 Å². The van der Waals surface area contributed by atoms with Crippen LogP contribution in [0, 0.1) is 13.8 Å². The summed E-state index contributed by atoms with van der Waals surface area (Å²) in [7, 11) is 0. The highest BCUT2D eigenvalue weighted by Crippen LogP contribution is 2.39. The van der Waals surface area contributed by atoms with Crippen molar-refractivity contribution in [2.75, 3.05) is 17.7 Å². The number of nitrogens with one attached hydrogen (secondary N) is 1. The molecule has 0 saturated heterocycles. The molecular weight excluding hydrogens is 484 g/mol. The van der Waals surface area contributed by atoms with Gasteiger partial charge in [-0.05, 0) is 75.8 Å². The van der Waals surface area contributed by atoms with E-state index in [2.05, 4.69) is 21.6 Å². The largest absolute Gasteiger partial charge is 0.486 e. The molecule has 186 valence electrons. The van der Waals surface area contributed by atoms with Crippen LogP contribution < -0.4 is 10.1 Å². The topological polar surface area (TPSA) is 95.3 Å². The second-order valence-electron chi connectivity index (χ2n) is 8.37. The normalized spacial score (nSPS) is 12.5. The number of rotatable bonds is 10. The minimum atomic E-state index is -0.367. The fraction of sp³-hybridized carbons (Fsp3) is 0.440. The fourth-order valence-corrected chi connectivity index (χ4v) is 6.33. The van der Waals surface area contributed by atoms with Crippen molar-refractivity contribution in [2.45, 2.75) is 65.3 Å². The average molecular weight is 515 g/mol. The number of benzene rings is 1. The molecule has 1 aromatic carbocycles. The van der Waals surface area contributed by atoms with E-state index in [9.17, 15) is 9.59 Å². The monoisotopic (exact) mass is 514 g/mol. The number of carbonyl (C=O) groups is 2. The van der Waals surface area contributed by atoms with Gasteiger partial charge in [-0.15, -0.1) is 21.5 Å². The second kappa shape index (κ2) is 11.3. The molecular formula is C25H30N4O4S2. The number of thiophene rings is 1. The highest BCUT2D eigenvalue weighted by atomic mass is 32.2. The number of hydrogen-bond donors (Lipinski definition) is 1. The van der Waals surface area contributed by atoms with Crippen LogP contribution in [0.15, 0.2) is 23.4 Å². The number of thioether (sulfide) groups is 1. The molecule has 0 radical (unpaired) electrons. The molecule has 4 rings (SSSR count). The molecule has 0 saturated carbocycles. The van der Waals surface area contributed by atoms with E-state index in [1.807, 2.05) is 37.5 Å². The van der Waals surface area contributed by atoms with Gasteiger partial charge < -0.3 is 19.4 Å². The molecule has 0 unspecified atom stereocenters. The van der Waals surface area contributed by atoms with Gasteiger partial charge >= 0.3 is 5.97 Å². The number of nitrogens with zero attached hydrogens (tertiary/aromatic N) is 3. The lowest BCUT2D eigenvalue weighted by atomic mass is 10.1. The minimum absolute atomic E-state index is 0.154. The van der Waals surface area contributed by atoms with Gasteiger partial charge in [0.05, 0.1) is 17.9 Å². The van der Waals surface area contributed by atoms with E-state index >= 15 is 0 Å². The maximum atomic E-state index is 12.8. The molecule has 1 N–H and O–H groups in total. The van der Waals surface area contributed by atoms with E-state index in [1.54, 1.807) is 6.92 Å². The third-order valence-electron chi connectivity index (χ3n) is 5.66. The van der Waals surface area contributed by atoms with Gasteiger partial charge in [0.2, 0.25) is 5.91 Å². The van der Waals surface area contributed by atoms with E-state index in [0.717, 1.165) is 46.6 Å². The Morgan fingerprint density at radius 1 is 1.14 bits per heavy atom. The third-order valence-corrected chi connectivity index (χ3v) is 7.83. The summed E-state index contributed by atoms with van der Waals surface area (Å²) in [6.45, 7) is 9.11. The molecule has 3 aromatic rings. The Morgan fingerprint density at radius 3 is 2.63 bits per heavy atom. The summed E-state index contributed by atoms with van der Waals surface area (Å²) < 4.78 is 13.1. The minimum Gasteiger partial charge on any atom is -0.486 e. The lowest BCUT2D eigenvalue weighted by molar-refractivity contribution is -0.113. The zero-order valence-corrected chi connectivity index (χ0v) is 22.1. The van der Waals surface area contributed by atoms with E-state index in [0.29, 0.717) is 41.3 Å². The molecule has 0 bridgehead atoms. The average Bonchev–Trinajstić information content (AvgIpc) is 3.49. The molecule has 0 aliphatic heterocycles. The highest BCUT2D eigenvalue weighted by molar-refractivity contribution is 7.99. The standard InChI is InChI=1S/C25H30N4O4S2/c1-5-29-20(13-33-17-11-15(3)10-16(4)12-17)27-28-25(29)34-14-21(30)26-23-22(24(31)32-6-2)18-8-7-9-19(18)35-23/h10-12H,5-9,13-14H2,1-4H3,(H,26,30). The zero-order valence-electron chi connectivity index (χ0n) is 20.5. The summed E-state index contributed by atoms with van der Waals surface area (Å²) in [5.74, 6) is 1.09. The summed E-state index contributed by atoms with van der Waals surface area (Å²) in [5.41, 5.74) is 3.82. The molecule has 35 heavy (non-hydrogen) atoms. The van der Waals surface area contributed by atoms with E-state index < -0.39 is 0 Å². The van der Waals surface area contributed by atoms with Crippen LogP contribution in [0.2, 0.25) is 0 Å². The number of fused-ring (bicyclic) bond motifs is 1. The van der Waals surface area contributed by atoms with Gasteiger partial charge in [0.1, 0.15) is 17.4 Å². The first kappa shape index (κ1) is 25.2. The Hall–Kier alpha value is -2.85. The number of hydrogen-bond acceptors (Lipinski definition) is 8. The van der Waals surface area contributed by atoms with Crippen molar-refractivity contribution in [3.8, 4) is 5.75 Å². The number of anilines is 1. The Labute approximate surface area is 213 Å². The fourth-order valence-electron chi connectivity index (χ4n) is 4.22. The molecule has 1 aliphatic carbocycles. The molecule has 1 amide bonds. The number of carbonyl (C=O) groups excluding carboxylic acids is 2. The predicted octanol–water partition coefficient (Wildman–Crippen LogP) is 4.95. The van der Waals surface area contributed by atoms with Crippen molar-refractivity contribution in [3.05, 3.63) is 51.2 Å². The van der Waals surface area contributed by atoms with Crippen molar-refractivity contribution in [2.24, 2.45) is 0 Å². The van der Waals surface area contributed by atoms with Crippen LogP contribution in [0.25, 0.3) is 0 Å². The summed E-state index contributed by atoms with van der Waals surface area (Å²) in [5, 5.41) is 12.7. The Balaban J connectivity index is 1.39. The second-order valence-corrected chi connectivity index (χ2v) is 10.4. The lowest BCUT2D eigenvalue weighted by Crippen LogP contribution is -2.17. The molecule has 8 nitrogen and oxygen atoms in total. The summed E-state index contributed by atoms with van der Waals surface area (Å²) in [6, 6.07) is 6.08. The molecule has 1 aliphatic rings. The quantitative estimate of drug-likeness (QED) is 0.302. The number of ether oxygens (including phenoxy) is 2. The number of aryl methyl sites for hydroxylation is 3. The van der Waals surface area contributed by atoms with Crippen LogP contribution in [0.3, 0.4) is 0 Å². The van der Waals surface area contributed by atoms with E-state index in [1.165, 1.54) is 23.1 Å². The van der Waals surface area contributed by atoms with Gasteiger partial charge in [0.25, 0.3) is 0 Å². The molecule has 0 fully saturated rings. The van der Waals surface area contributed by atoms with Gasteiger partial charge in [-0.1, -0.05) is 17.8 Å².